The normalized spacial score (nSPS) is 13.4. The van der Waals surface area contributed by atoms with Crippen LogP contribution < -0.4 is 5.32 Å². The van der Waals surface area contributed by atoms with Gasteiger partial charge in [0, 0.05) is 25.0 Å². The van der Waals surface area contributed by atoms with Crippen molar-refractivity contribution >= 4 is 27.1 Å². The number of nitrogens with zero attached hydrogens (tertiary/aromatic N) is 3. The molecule has 2 rings (SSSR count). The van der Waals surface area contributed by atoms with Gasteiger partial charge in [0.1, 0.15) is 0 Å². The zero-order valence-electron chi connectivity index (χ0n) is 16.3. The number of thiazole rings is 1. The highest BCUT2D eigenvalue weighted by molar-refractivity contribution is 7.91. The summed E-state index contributed by atoms with van der Waals surface area (Å²) in [6.07, 6.45) is 0.679. The number of hydrogen-bond acceptors (Lipinski definition) is 5. The van der Waals surface area contributed by atoms with Gasteiger partial charge in [0.05, 0.1) is 27.9 Å². The molecule has 1 N–H and O–H groups in total. The highest BCUT2D eigenvalue weighted by atomic mass is 32.2. The topological polar surface area (TPSA) is 74.7 Å². The number of guanidine groups is 1. The maximum absolute atomic E-state index is 12.7. The van der Waals surface area contributed by atoms with E-state index in [1.54, 1.807) is 35.6 Å². The molecule has 1 heterocycles. The van der Waals surface area contributed by atoms with E-state index >= 15 is 0 Å². The lowest BCUT2D eigenvalue weighted by Crippen LogP contribution is -2.46. The number of benzene rings is 1. The van der Waals surface area contributed by atoms with Crippen LogP contribution in [0.5, 0.6) is 0 Å². The molecule has 0 saturated carbocycles. The van der Waals surface area contributed by atoms with Crippen molar-refractivity contribution in [3.63, 3.8) is 0 Å². The molecule has 0 amide bonds. The van der Waals surface area contributed by atoms with Crippen molar-refractivity contribution in [3.05, 3.63) is 46.4 Å². The van der Waals surface area contributed by atoms with E-state index in [4.69, 9.17) is 0 Å². The lowest BCUT2D eigenvalue weighted by atomic mass is 10.2. The Hall–Kier alpha value is -1.93. The van der Waals surface area contributed by atoms with E-state index in [9.17, 15) is 8.42 Å². The van der Waals surface area contributed by atoms with Crippen LogP contribution in [-0.2, 0) is 16.4 Å². The predicted molar refractivity (Wildman–Crippen MR) is 112 cm³/mol. The van der Waals surface area contributed by atoms with Gasteiger partial charge in [0.2, 0.25) is 0 Å². The number of hydrogen-bond donors (Lipinski definition) is 1. The van der Waals surface area contributed by atoms with Crippen molar-refractivity contribution in [1.29, 1.82) is 0 Å². The van der Waals surface area contributed by atoms with E-state index in [2.05, 4.69) is 15.3 Å². The maximum Gasteiger partial charge on any atom is 0.194 e. The zero-order valence-corrected chi connectivity index (χ0v) is 18.0. The number of aryl methyl sites for hydroxylation is 1. The molecule has 1 aromatic carbocycles. The molecular formula is C19H28N4O2S2. The van der Waals surface area contributed by atoms with Gasteiger partial charge in [-0.05, 0) is 32.4 Å². The molecule has 1 aromatic heterocycles. The van der Waals surface area contributed by atoms with Crippen molar-refractivity contribution in [2.75, 3.05) is 19.3 Å². The second-order valence-electron chi connectivity index (χ2n) is 6.36. The fourth-order valence-corrected chi connectivity index (χ4v) is 4.87. The molecule has 1 unspecified atom stereocenters. The molecular weight excluding hydrogens is 380 g/mol. The fourth-order valence-electron chi connectivity index (χ4n) is 2.66. The van der Waals surface area contributed by atoms with Crippen molar-refractivity contribution in [2.24, 2.45) is 4.99 Å². The lowest BCUT2D eigenvalue weighted by Gasteiger charge is -2.26. The average molecular weight is 409 g/mol. The molecule has 0 aliphatic carbocycles. The molecule has 6 nitrogen and oxygen atoms in total. The minimum absolute atomic E-state index is 0.0277. The van der Waals surface area contributed by atoms with Crippen LogP contribution in [0.25, 0.3) is 0 Å². The summed E-state index contributed by atoms with van der Waals surface area (Å²) < 4.78 is 25.4. The van der Waals surface area contributed by atoms with Gasteiger partial charge in [-0.1, -0.05) is 25.1 Å². The quantitative estimate of drug-likeness (QED) is 0.537. The Morgan fingerprint density at radius 2 is 2.00 bits per heavy atom. The first-order valence-electron chi connectivity index (χ1n) is 9.06. The van der Waals surface area contributed by atoms with E-state index < -0.39 is 9.84 Å². The number of sulfone groups is 1. The van der Waals surface area contributed by atoms with Crippen LogP contribution in [0.2, 0.25) is 0 Å². The number of aromatic nitrogens is 1. The highest BCUT2D eigenvalue weighted by Gasteiger charge is 2.22. The van der Waals surface area contributed by atoms with Gasteiger partial charge >= 0.3 is 0 Å². The minimum Gasteiger partial charge on any atom is -0.352 e. The van der Waals surface area contributed by atoms with Crippen LogP contribution in [0.3, 0.4) is 0 Å². The minimum atomic E-state index is -3.36. The molecule has 0 radical (unpaired) electrons. The maximum atomic E-state index is 12.7. The summed E-state index contributed by atoms with van der Waals surface area (Å²) >= 11 is 1.62. The second kappa shape index (κ2) is 9.85. The van der Waals surface area contributed by atoms with Crippen molar-refractivity contribution in [1.82, 2.24) is 15.2 Å². The van der Waals surface area contributed by atoms with Crippen molar-refractivity contribution < 1.29 is 8.42 Å². The Bertz CT molecular complexity index is 848. The molecule has 2 aromatic rings. The SMILES string of the molecule is CCN=C(NC(CC)CS(=O)(=O)c1ccccc1)N(C)Cc1csc(C)n1. The zero-order chi connectivity index (χ0) is 19.9. The molecule has 1 atom stereocenters. The van der Waals surface area contributed by atoms with Gasteiger partial charge < -0.3 is 10.2 Å². The van der Waals surface area contributed by atoms with Gasteiger partial charge in [-0.2, -0.15) is 0 Å². The lowest BCUT2D eigenvalue weighted by molar-refractivity contribution is 0.454. The van der Waals surface area contributed by atoms with Gasteiger partial charge in [0.25, 0.3) is 0 Å². The van der Waals surface area contributed by atoms with E-state index in [0.717, 1.165) is 10.7 Å². The van der Waals surface area contributed by atoms with Gasteiger partial charge in [-0.15, -0.1) is 11.3 Å². The second-order valence-corrected chi connectivity index (χ2v) is 9.45. The van der Waals surface area contributed by atoms with E-state index in [1.807, 2.05) is 44.2 Å². The molecule has 148 valence electrons. The third-order valence-corrected chi connectivity index (χ3v) is 6.74. The van der Waals surface area contributed by atoms with Gasteiger partial charge in [-0.25, -0.2) is 13.4 Å². The third kappa shape index (κ3) is 6.32. The molecule has 0 aliphatic rings. The summed E-state index contributed by atoms with van der Waals surface area (Å²) in [5, 5.41) is 6.39. The molecule has 0 fully saturated rings. The molecule has 0 bridgehead atoms. The standard InChI is InChI=1S/C19H28N4O2S2/c1-5-16(14-27(24,25)18-10-8-7-9-11-18)22-19(20-6-2)23(4)12-17-13-26-15(3)21-17/h7-11,13,16H,5-6,12,14H2,1-4H3,(H,20,22). The number of rotatable bonds is 8. The number of aliphatic imine (C=N–C) groups is 1. The van der Waals surface area contributed by atoms with Crippen LogP contribution in [0, 0.1) is 6.92 Å². The molecule has 0 spiro atoms. The first-order valence-corrected chi connectivity index (χ1v) is 11.6. The number of nitrogens with one attached hydrogen (secondary N) is 1. The highest BCUT2D eigenvalue weighted by Crippen LogP contribution is 2.13. The van der Waals surface area contributed by atoms with Crippen LogP contribution in [0.4, 0.5) is 0 Å². The predicted octanol–water partition coefficient (Wildman–Crippen LogP) is 3.10. The van der Waals surface area contributed by atoms with E-state index in [1.165, 1.54) is 0 Å². The Morgan fingerprint density at radius 3 is 2.56 bits per heavy atom. The van der Waals surface area contributed by atoms with E-state index in [0.29, 0.717) is 30.4 Å². The van der Waals surface area contributed by atoms with Crippen molar-refractivity contribution in [3.8, 4) is 0 Å². The van der Waals surface area contributed by atoms with Crippen LogP contribution in [0.1, 0.15) is 31.0 Å². The Kier molecular flexibility index (Phi) is 7.79. The summed E-state index contributed by atoms with van der Waals surface area (Å²) in [6, 6.07) is 8.36. The van der Waals surface area contributed by atoms with Crippen LogP contribution in [-0.4, -0.2) is 49.6 Å². The summed E-state index contributed by atoms with van der Waals surface area (Å²) in [7, 11) is -1.42. The monoisotopic (exact) mass is 408 g/mol. The first-order chi connectivity index (χ1) is 12.9. The molecule has 0 aliphatic heterocycles. The molecule has 8 heteroatoms. The van der Waals surface area contributed by atoms with E-state index in [-0.39, 0.29) is 11.8 Å². The molecule has 27 heavy (non-hydrogen) atoms. The van der Waals surface area contributed by atoms with Gasteiger partial charge in [0.15, 0.2) is 15.8 Å². The van der Waals surface area contributed by atoms with Crippen LogP contribution >= 0.6 is 11.3 Å². The summed E-state index contributed by atoms with van der Waals surface area (Å²) in [5.74, 6) is 0.721. The average Bonchev–Trinajstić information content (AvgIpc) is 3.05. The van der Waals surface area contributed by atoms with Crippen LogP contribution in [0.15, 0.2) is 45.6 Å². The van der Waals surface area contributed by atoms with Crippen molar-refractivity contribution in [2.45, 2.75) is 44.7 Å². The Labute approximate surface area is 166 Å². The Morgan fingerprint density at radius 1 is 1.30 bits per heavy atom. The third-order valence-electron chi connectivity index (χ3n) is 4.08. The summed E-state index contributed by atoms with van der Waals surface area (Å²) in [5.41, 5.74) is 0.982. The Balaban J connectivity index is 2.09. The smallest absolute Gasteiger partial charge is 0.194 e. The summed E-state index contributed by atoms with van der Waals surface area (Å²) in [6.45, 7) is 7.16. The summed E-state index contributed by atoms with van der Waals surface area (Å²) in [4.78, 5) is 11.4. The largest absolute Gasteiger partial charge is 0.352 e. The van der Waals surface area contributed by atoms with Gasteiger partial charge in [-0.3, -0.25) is 4.99 Å². The molecule has 0 saturated heterocycles. The first kappa shape index (κ1) is 21.4. The fraction of sp³-hybridized carbons (Fsp3) is 0.474.